The van der Waals surface area contributed by atoms with Crippen LogP contribution in [0, 0.1) is 0 Å². The van der Waals surface area contributed by atoms with E-state index in [1.165, 1.54) is 32.4 Å². The largest absolute Gasteiger partial charge is 0.357 e. The highest BCUT2D eigenvalue weighted by Crippen LogP contribution is 2.18. The Morgan fingerprint density at radius 1 is 1.18 bits per heavy atom. The molecule has 0 radical (unpaired) electrons. The van der Waals surface area contributed by atoms with Crippen molar-refractivity contribution in [1.82, 2.24) is 20.9 Å². The second-order valence-electron chi connectivity index (χ2n) is 5.87. The summed E-state index contributed by atoms with van der Waals surface area (Å²) in [6, 6.07) is 0.405. The number of carbonyl (C=O) groups is 1. The molecule has 1 aliphatic heterocycles. The number of hydrogen-bond donors (Lipinski definition) is 3. The number of nitrogens with one attached hydrogen (secondary N) is 3. The van der Waals surface area contributed by atoms with E-state index < -0.39 is 0 Å². The van der Waals surface area contributed by atoms with E-state index in [1.807, 2.05) is 6.92 Å². The number of guanidine groups is 1. The first-order valence-corrected chi connectivity index (χ1v) is 8.32. The summed E-state index contributed by atoms with van der Waals surface area (Å²) >= 11 is 0. The Labute approximate surface area is 150 Å². The second kappa shape index (κ2) is 11.0. The maximum absolute atomic E-state index is 11.6. The van der Waals surface area contributed by atoms with Gasteiger partial charge < -0.3 is 20.9 Å². The van der Waals surface area contributed by atoms with E-state index in [1.54, 1.807) is 0 Å². The lowest BCUT2D eigenvalue weighted by Gasteiger charge is -2.26. The molecule has 1 aliphatic carbocycles. The van der Waals surface area contributed by atoms with Gasteiger partial charge in [0.05, 0.1) is 0 Å². The first kappa shape index (κ1) is 19.5. The molecule has 2 fully saturated rings. The summed E-state index contributed by atoms with van der Waals surface area (Å²) in [7, 11) is 0. The Kier molecular flexibility index (Phi) is 9.77. The average molecular weight is 423 g/mol. The van der Waals surface area contributed by atoms with Crippen molar-refractivity contribution in [3.8, 4) is 0 Å². The Morgan fingerprint density at radius 2 is 1.91 bits per heavy atom. The Hall–Kier alpha value is -0.570. The van der Waals surface area contributed by atoms with E-state index in [9.17, 15) is 4.79 Å². The first-order chi connectivity index (χ1) is 10.3. The van der Waals surface area contributed by atoms with Crippen LogP contribution in [0.15, 0.2) is 4.99 Å². The maximum Gasteiger partial charge on any atom is 0.242 e. The lowest BCUT2D eigenvalue weighted by Crippen LogP contribution is -2.43. The topological polar surface area (TPSA) is 68.8 Å². The highest BCUT2D eigenvalue weighted by atomic mass is 127. The van der Waals surface area contributed by atoms with E-state index in [-0.39, 0.29) is 36.4 Å². The highest BCUT2D eigenvalue weighted by Gasteiger charge is 2.22. The third-order valence-electron chi connectivity index (χ3n) is 3.84. The molecule has 7 heteroatoms. The average Bonchev–Trinajstić information content (AvgIpc) is 3.30. The molecule has 0 aromatic rings. The monoisotopic (exact) mass is 423 g/mol. The Bertz CT molecular complexity index is 354. The predicted molar refractivity (Wildman–Crippen MR) is 101 cm³/mol. The van der Waals surface area contributed by atoms with Gasteiger partial charge in [-0.2, -0.15) is 0 Å². The van der Waals surface area contributed by atoms with Gasteiger partial charge in [-0.3, -0.25) is 4.79 Å². The predicted octanol–water partition coefficient (Wildman–Crippen LogP) is 0.924. The number of amides is 1. The molecule has 22 heavy (non-hydrogen) atoms. The maximum atomic E-state index is 11.6. The molecule has 0 aromatic carbocycles. The number of halogens is 1. The van der Waals surface area contributed by atoms with Gasteiger partial charge in [0.1, 0.15) is 6.54 Å². The molecule has 6 nitrogen and oxygen atoms in total. The summed E-state index contributed by atoms with van der Waals surface area (Å²) in [5.74, 6) is 0.756. The molecule has 1 amide bonds. The molecular formula is C15H30IN5O. The number of carbonyl (C=O) groups excluding carboxylic acids is 1. The summed E-state index contributed by atoms with van der Waals surface area (Å²) in [5, 5.41) is 9.44. The standard InChI is InChI=1S/C15H29N5O.HI/c1-2-16-15(18-12-14(21)19-13-6-7-13)17-8-11-20-9-4-3-5-10-20;/h13H,2-12H2,1H3,(H,19,21)(H2,16,17,18);1H. The zero-order valence-electron chi connectivity index (χ0n) is 13.6. The zero-order chi connectivity index (χ0) is 14.9. The lowest BCUT2D eigenvalue weighted by molar-refractivity contribution is -0.119. The third-order valence-corrected chi connectivity index (χ3v) is 3.84. The van der Waals surface area contributed by atoms with Crippen molar-refractivity contribution in [3.05, 3.63) is 0 Å². The van der Waals surface area contributed by atoms with Crippen LogP contribution in [-0.2, 0) is 4.79 Å². The van der Waals surface area contributed by atoms with Crippen LogP contribution in [0.3, 0.4) is 0 Å². The summed E-state index contributed by atoms with van der Waals surface area (Å²) < 4.78 is 0. The SMILES string of the molecule is CCNC(=NCC(=O)NC1CC1)NCCN1CCCCC1.I. The molecule has 1 saturated carbocycles. The quantitative estimate of drug-likeness (QED) is 0.324. The van der Waals surface area contributed by atoms with Gasteiger partial charge in [0.25, 0.3) is 0 Å². The number of hydrogen-bond acceptors (Lipinski definition) is 3. The van der Waals surface area contributed by atoms with Crippen molar-refractivity contribution in [3.63, 3.8) is 0 Å². The van der Waals surface area contributed by atoms with E-state index >= 15 is 0 Å². The van der Waals surface area contributed by atoms with Crippen molar-refractivity contribution >= 4 is 35.8 Å². The molecule has 1 heterocycles. The molecule has 2 aliphatic rings. The molecule has 0 atom stereocenters. The number of likely N-dealkylation sites (tertiary alicyclic amines) is 1. The van der Waals surface area contributed by atoms with E-state index in [0.717, 1.165) is 38.4 Å². The fourth-order valence-corrected chi connectivity index (χ4v) is 2.51. The van der Waals surface area contributed by atoms with Gasteiger partial charge in [0, 0.05) is 25.7 Å². The minimum absolute atomic E-state index is 0. The number of aliphatic imine (C=N–C) groups is 1. The van der Waals surface area contributed by atoms with E-state index in [0.29, 0.717) is 6.04 Å². The number of rotatable bonds is 7. The van der Waals surface area contributed by atoms with Crippen LogP contribution in [0.5, 0.6) is 0 Å². The molecule has 2 rings (SSSR count). The van der Waals surface area contributed by atoms with Crippen LogP contribution in [0.4, 0.5) is 0 Å². The van der Waals surface area contributed by atoms with Gasteiger partial charge in [-0.15, -0.1) is 24.0 Å². The molecule has 0 unspecified atom stereocenters. The van der Waals surface area contributed by atoms with Crippen molar-refractivity contribution in [1.29, 1.82) is 0 Å². The highest BCUT2D eigenvalue weighted by molar-refractivity contribution is 14.0. The summed E-state index contributed by atoms with van der Waals surface area (Å²) in [5.41, 5.74) is 0. The molecule has 128 valence electrons. The van der Waals surface area contributed by atoms with Crippen molar-refractivity contribution in [2.75, 3.05) is 39.3 Å². The first-order valence-electron chi connectivity index (χ1n) is 8.32. The fraction of sp³-hybridized carbons (Fsp3) is 0.867. The van der Waals surface area contributed by atoms with Crippen LogP contribution >= 0.6 is 24.0 Å². The molecule has 0 aromatic heterocycles. The minimum Gasteiger partial charge on any atom is -0.357 e. The van der Waals surface area contributed by atoms with Gasteiger partial charge in [-0.25, -0.2) is 4.99 Å². The van der Waals surface area contributed by atoms with Gasteiger partial charge in [-0.1, -0.05) is 6.42 Å². The molecule has 0 spiro atoms. The Morgan fingerprint density at radius 3 is 2.55 bits per heavy atom. The second-order valence-corrected chi connectivity index (χ2v) is 5.87. The van der Waals surface area contributed by atoms with Crippen molar-refractivity contribution in [2.24, 2.45) is 4.99 Å². The Balaban J connectivity index is 0.00000242. The summed E-state index contributed by atoms with van der Waals surface area (Å²) in [4.78, 5) is 18.5. The van der Waals surface area contributed by atoms with Crippen molar-refractivity contribution in [2.45, 2.75) is 45.1 Å². The molecular weight excluding hydrogens is 393 g/mol. The van der Waals surface area contributed by atoms with Crippen LogP contribution in [0.1, 0.15) is 39.0 Å². The fourth-order valence-electron chi connectivity index (χ4n) is 2.51. The molecule has 3 N–H and O–H groups in total. The number of nitrogens with zero attached hydrogens (tertiary/aromatic N) is 2. The van der Waals surface area contributed by atoms with Crippen LogP contribution in [-0.4, -0.2) is 62.1 Å². The van der Waals surface area contributed by atoms with Crippen LogP contribution < -0.4 is 16.0 Å². The van der Waals surface area contributed by atoms with Crippen molar-refractivity contribution < 1.29 is 4.79 Å². The van der Waals surface area contributed by atoms with Gasteiger partial charge in [0.2, 0.25) is 5.91 Å². The number of piperidine rings is 1. The van der Waals surface area contributed by atoms with Crippen LogP contribution in [0.2, 0.25) is 0 Å². The zero-order valence-corrected chi connectivity index (χ0v) is 15.9. The summed E-state index contributed by atoms with van der Waals surface area (Å²) in [6.45, 7) is 7.37. The van der Waals surface area contributed by atoms with E-state index in [4.69, 9.17) is 0 Å². The molecule has 1 saturated heterocycles. The van der Waals surface area contributed by atoms with E-state index in [2.05, 4.69) is 25.8 Å². The van der Waals surface area contributed by atoms with Crippen LogP contribution in [0.25, 0.3) is 0 Å². The van der Waals surface area contributed by atoms with Gasteiger partial charge >= 0.3 is 0 Å². The molecule has 0 bridgehead atoms. The minimum atomic E-state index is 0. The smallest absolute Gasteiger partial charge is 0.242 e. The van der Waals surface area contributed by atoms with Gasteiger partial charge in [0.15, 0.2) is 5.96 Å². The lowest BCUT2D eigenvalue weighted by atomic mass is 10.1. The normalized spacial score (nSPS) is 19.2. The third kappa shape index (κ3) is 8.17. The van der Waals surface area contributed by atoms with Gasteiger partial charge in [-0.05, 0) is 45.7 Å². The summed E-state index contributed by atoms with van der Waals surface area (Å²) in [6.07, 6.45) is 6.22.